The molecule has 1 amide bonds. The molecule has 6 nitrogen and oxygen atoms in total. The van der Waals surface area contributed by atoms with Gasteiger partial charge in [0.1, 0.15) is 5.76 Å². The first-order valence-corrected chi connectivity index (χ1v) is 9.95. The molecule has 0 aliphatic heterocycles. The summed E-state index contributed by atoms with van der Waals surface area (Å²) in [4.78, 5) is 16.7. The number of furan rings is 1. The second-order valence-corrected chi connectivity index (χ2v) is 7.17. The van der Waals surface area contributed by atoms with Crippen LogP contribution in [0.2, 0.25) is 0 Å². The van der Waals surface area contributed by atoms with Gasteiger partial charge in [0.2, 0.25) is 0 Å². The molecule has 0 aliphatic carbocycles. The Balaban J connectivity index is 0.00000341. The third-order valence-electron chi connectivity index (χ3n) is 4.82. The third kappa shape index (κ3) is 7.43. The van der Waals surface area contributed by atoms with E-state index in [1.54, 1.807) is 25.4 Å². The van der Waals surface area contributed by atoms with Crippen LogP contribution < -0.4 is 16.0 Å². The first-order chi connectivity index (χ1) is 14.5. The molecule has 3 rings (SSSR count). The molecule has 3 N–H and O–H groups in total. The Morgan fingerprint density at radius 2 is 1.74 bits per heavy atom. The van der Waals surface area contributed by atoms with E-state index in [1.807, 2.05) is 24.3 Å². The molecule has 0 saturated carbocycles. The van der Waals surface area contributed by atoms with Gasteiger partial charge in [0.25, 0.3) is 5.91 Å². The molecule has 1 heterocycles. The number of rotatable bonds is 7. The fourth-order valence-electron chi connectivity index (χ4n) is 3.13. The number of hydrogen-bond acceptors (Lipinski definition) is 3. The predicted octanol–water partition coefficient (Wildman–Crippen LogP) is 4.31. The van der Waals surface area contributed by atoms with Gasteiger partial charge in [0.05, 0.1) is 12.8 Å². The molecule has 0 fully saturated rings. The van der Waals surface area contributed by atoms with E-state index in [4.69, 9.17) is 4.42 Å². The maximum Gasteiger partial charge on any atom is 0.251 e. The highest BCUT2D eigenvalue weighted by Crippen LogP contribution is 2.10. The van der Waals surface area contributed by atoms with E-state index in [9.17, 15) is 4.79 Å². The minimum absolute atomic E-state index is 0. The molecule has 164 valence electrons. The summed E-state index contributed by atoms with van der Waals surface area (Å²) in [7, 11) is 1.75. The van der Waals surface area contributed by atoms with Gasteiger partial charge in [-0.05, 0) is 54.8 Å². The number of carbonyl (C=O) groups excluding carboxylic acids is 1. The summed E-state index contributed by atoms with van der Waals surface area (Å²) < 4.78 is 5.24. The fraction of sp³-hybridized carbons (Fsp3) is 0.250. The quantitative estimate of drug-likeness (QED) is 0.241. The molecule has 0 atom stereocenters. The Morgan fingerprint density at radius 1 is 0.935 bits per heavy atom. The highest BCUT2D eigenvalue weighted by molar-refractivity contribution is 14.0. The van der Waals surface area contributed by atoms with Crippen molar-refractivity contribution in [1.29, 1.82) is 0 Å². The Bertz CT molecular complexity index is 1020. The number of amides is 1. The molecule has 0 unspecified atom stereocenters. The van der Waals surface area contributed by atoms with Crippen molar-refractivity contribution in [2.45, 2.75) is 33.5 Å². The van der Waals surface area contributed by atoms with Gasteiger partial charge in [-0.2, -0.15) is 0 Å². The Hall–Kier alpha value is -2.81. The number of hydrogen-bond donors (Lipinski definition) is 3. The van der Waals surface area contributed by atoms with Gasteiger partial charge < -0.3 is 20.4 Å². The van der Waals surface area contributed by atoms with E-state index in [0.29, 0.717) is 31.2 Å². The van der Waals surface area contributed by atoms with Crippen LogP contribution >= 0.6 is 24.0 Å². The minimum Gasteiger partial charge on any atom is -0.467 e. The van der Waals surface area contributed by atoms with Crippen molar-refractivity contribution < 1.29 is 9.21 Å². The second kappa shape index (κ2) is 12.1. The van der Waals surface area contributed by atoms with Crippen molar-refractivity contribution in [1.82, 2.24) is 16.0 Å². The summed E-state index contributed by atoms with van der Waals surface area (Å²) in [6.07, 6.45) is 1.59. The highest BCUT2D eigenvalue weighted by Gasteiger charge is 2.08. The van der Waals surface area contributed by atoms with E-state index in [2.05, 4.69) is 53.0 Å². The van der Waals surface area contributed by atoms with Crippen LogP contribution in [0.3, 0.4) is 0 Å². The van der Waals surface area contributed by atoms with Crippen molar-refractivity contribution in [3.05, 3.63) is 94.4 Å². The van der Waals surface area contributed by atoms with Gasteiger partial charge in [-0.15, -0.1) is 24.0 Å². The van der Waals surface area contributed by atoms with E-state index >= 15 is 0 Å². The monoisotopic (exact) mass is 532 g/mol. The van der Waals surface area contributed by atoms with Crippen LogP contribution in [0.4, 0.5) is 0 Å². The van der Waals surface area contributed by atoms with Crippen molar-refractivity contribution in [3.63, 3.8) is 0 Å². The molecule has 0 saturated heterocycles. The molecule has 31 heavy (non-hydrogen) atoms. The molecule has 7 heteroatoms. The van der Waals surface area contributed by atoms with E-state index < -0.39 is 0 Å². The molecule has 0 radical (unpaired) electrons. The lowest BCUT2D eigenvalue weighted by Gasteiger charge is -2.14. The van der Waals surface area contributed by atoms with Crippen LogP contribution in [0.15, 0.2) is 70.3 Å². The third-order valence-corrected chi connectivity index (χ3v) is 4.82. The Morgan fingerprint density at radius 3 is 2.45 bits per heavy atom. The van der Waals surface area contributed by atoms with Gasteiger partial charge in [0, 0.05) is 25.7 Å². The highest BCUT2D eigenvalue weighted by atomic mass is 127. The van der Waals surface area contributed by atoms with Crippen molar-refractivity contribution in [2.24, 2.45) is 4.99 Å². The van der Waals surface area contributed by atoms with E-state index in [1.165, 1.54) is 16.7 Å². The molecule has 3 aromatic rings. The van der Waals surface area contributed by atoms with Crippen molar-refractivity contribution >= 4 is 35.8 Å². The summed E-state index contributed by atoms with van der Waals surface area (Å²) in [5.41, 5.74) is 5.35. The first-order valence-electron chi connectivity index (χ1n) is 9.95. The van der Waals surface area contributed by atoms with Crippen molar-refractivity contribution in [2.75, 3.05) is 7.05 Å². The summed E-state index contributed by atoms with van der Waals surface area (Å²) in [5, 5.41) is 9.50. The van der Waals surface area contributed by atoms with E-state index in [0.717, 1.165) is 11.3 Å². The van der Waals surface area contributed by atoms with Gasteiger partial charge >= 0.3 is 0 Å². The number of guanidine groups is 1. The topological polar surface area (TPSA) is 78.7 Å². The zero-order valence-corrected chi connectivity index (χ0v) is 20.4. The standard InChI is InChI=1S/C24H28N4O2.HI/c1-17-9-10-21(18(2)12-17)15-28-24(25-3)27-14-19-6-4-7-20(13-19)23(29)26-16-22-8-5-11-30-22;/h4-13H,14-16H2,1-3H3,(H,26,29)(H2,25,27,28);1H. The number of nitrogens with zero attached hydrogens (tertiary/aromatic N) is 1. The van der Waals surface area contributed by atoms with E-state index in [-0.39, 0.29) is 29.9 Å². The van der Waals surface area contributed by atoms with Crippen LogP contribution in [0, 0.1) is 13.8 Å². The molecular weight excluding hydrogens is 503 g/mol. The molecule has 0 aliphatic rings. The average Bonchev–Trinajstić information content (AvgIpc) is 3.27. The smallest absolute Gasteiger partial charge is 0.251 e. The lowest BCUT2D eigenvalue weighted by Crippen LogP contribution is -2.36. The lowest BCUT2D eigenvalue weighted by atomic mass is 10.1. The zero-order chi connectivity index (χ0) is 21.3. The minimum atomic E-state index is -0.134. The Labute approximate surface area is 200 Å². The number of halogens is 1. The largest absolute Gasteiger partial charge is 0.467 e. The van der Waals surface area contributed by atoms with Crippen LogP contribution in [-0.2, 0) is 19.6 Å². The maximum atomic E-state index is 12.4. The molecule has 2 aromatic carbocycles. The number of benzene rings is 2. The Kier molecular flexibility index (Phi) is 9.58. The van der Waals surface area contributed by atoms with Gasteiger partial charge in [-0.3, -0.25) is 9.79 Å². The van der Waals surface area contributed by atoms with Gasteiger partial charge in [0.15, 0.2) is 5.96 Å². The van der Waals surface area contributed by atoms with Gasteiger partial charge in [-0.1, -0.05) is 35.9 Å². The molecule has 0 spiro atoms. The number of aliphatic imine (C=N–C) groups is 1. The van der Waals surface area contributed by atoms with Crippen LogP contribution in [0.1, 0.15) is 38.4 Å². The molecule has 0 bridgehead atoms. The van der Waals surface area contributed by atoms with Crippen molar-refractivity contribution in [3.8, 4) is 0 Å². The summed E-state index contributed by atoms with van der Waals surface area (Å²) in [5.74, 6) is 1.30. The average molecular weight is 532 g/mol. The normalized spacial score (nSPS) is 10.9. The number of carbonyl (C=O) groups is 1. The lowest BCUT2D eigenvalue weighted by molar-refractivity contribution is 0.0948. The fourth-order valence-corrected chi connectivity index (χ4v) is 3.13. The summed E-state index contributed by atoms with van der Waals surface area (Å²) in [6.45, 7) is 5.83. The second-order valence-electron chi connectivity index (χ2n) is 7.17. The van der Waals surface area contributed by atoms with Crippen LogP contribution in [0.25, 0.3) is 0 Å². The summed E-state index contributed by atoms with van der Waals surface area (Å²) in [6, 6.07) is 17.6. The number of aryl methyl sites for hydroxylation is 2. The molecular formula is C24H29IN4O2. The summed E-state index contributed by atoms with van der Waals surface area (Å²) >= 11 is 0. The molecule has 1 aromatic heterocycles. The SMILES string of the molecule is CN=C(NCc1cccc(C(=O)NCc2ccco2)c1)NCc1ccc(C)cc1C.I. The maximum absolute atomic E-state index is 12.4. The first kappa shape index (κ1) is 24.5. The predicted molar refractivity (Wildman–Crippen MR) is 135 cm³/mol. The zero-order valence-electron chi connectivity index (χ0n) is 18.1. The van der Waals surface area contributed by atoms with Gasteiger partial charge in [-0.25, -0.2) is 0 Å². The number of nitrogens with one attached hydrogen (secondary N) is 3. The van der Waals surface area contributed by atoms with Crippen LogP contribution in [-0.4, -0.2) is 18.9 Å². The van der Waals surface area contributed by atoms with Crippen LogP contribution in [0.5, 0.6) is 0 Å².